The first-order valence-corrected chi connectivity index (χ1v) is 0.365. The molecule has 0 fully saturated rings. The summed E-state index contributed by atoms with van der Waals surface area (Å²) in [4.78, 5) is 0. The predicted molar refractivity (Wildman–Crippen MR) is 12.1 cm³/mol. The maximum atomic E-state index is 6.62. The normalized spacial score (nSPS) is 4.50. The van der Waals surface area contributed by atoms with Crippen molar-refractivity contribution in [1.29, 1.82) is 0 Å². The standard InChI is InChI=1S/Ca.H2O3/c;1-3-2/h;1-2H. The molecule has 0 rings (SSSR count). The van der Waals surface area contributed by atoms with Gasteiger partial charge in [-0.3, -0.25) is 0 Å². The van der Waals surface area contributed by atoms with Gasteiger partial charge in [-0.25, -0.2) is 10.5 Å². The molecule has 0 aliphatic rings. The van der Waals surface area contributed by atoms with Gasteiger partial charge in [-0.2, -0.15) is 0 Å². The van der Waals surface area contributed by atoms with E-state index in [4.69, 9.17) is 10.5 Å². The molecule has 0 spiro atoms. The third kappa shape index (κ3) is 11.1. The van der Waals surface area contributed by atoms with Crippen LogP contribution in [0.1, 0.15) is 0 Å². The average Bonchev–Trinajstić information content (AvgIpc) is 0.918. The molecule has 2 N–H and O–H groups in total. The van der Waals surface area contributed by atoms with Crippen molar-refractivity contribution < 1.29 is 15.6 Å². The Bertz CT molecular complexity index is 3.25. The fraction of sp³-hybridized carbons (Fsp3) is 0. The topological polar surface area (TPSA) is 49.7 Å². The van der Waals surface area contributed by atoms with Gasteiger partial charge in [0.2, 0.25) is 0 Å². The van der Waals surface area contributed by atoms with Crippen molar-refractivity contribution in [3.05, 3.63) is 0 Å². The van der Waals surface area contributed by atoms with Crippen molar-refractivity contribution >= 4 is 37.7 Å². The average molecular weight is 90.1 g/mol. The van der Waals surface area contributed by atoms with E-state index in [1.807, 2.05) is 0 Å². The third-order valence-corrected chi connectivity index (χ3v) is 0. The fourth-order valence-corrected chi connectivity index (χ4v) is 0. The first-order valence-electron chi connectivity index (χ1n) is 0.365. The molecule has 2 radical (unpaired) electrons. The summed E-state index contributed by atoms with van der Waals surface area (Å²) in [6, 6.07) is 0. The Morgan fingerprint density at radius 3 is 1.25 bits per heavy atom. The second-order valence-corrected chi connectivity index (χ2v) is 0.0816. The Morgan fingerprint density at radius 1 is 1.25 bits per heavy atom. The number of hydrogen-bond donors (Lipinski definition) is 2. The van der Waals surface area contributed by atoms with Crippen LogP contribution < -0.4 is 0 Å². The van der Waals surface area contributed by atoms with E-state index >= 15 is 0 Å². The van der Waals surface area contributed by atoms with Gasteiger partial charge in [0.15, 0.2) is 0 Å². The third-order valence-electron chi connectivity index (χ3n) is 0. The molecule has 0 aromatic heterocycles. The van der Waals surface area contributed by atoms with Crippen LogP contribution in [0.15, 0.2) is 0 Å². The van der Waals surface area contributed by atoms with Crippen LogP contribution in [0.3, 0.4) is 0 Å². The Balaban J connectivity index is 0. The molecule has 3 nitrogen and oxygen atoms in total. The van der Waals surface area contributed by atoms with Crippen LogP contribution in [0, 0.1) is 0 Å². The molecule has 0 unspecified atom stereocenters. The summed E-state index contributed by atoms with van der Waals surface area (Å²) in [5.74, 6) is 0. The molecule has 0 amide bonds. The molecule has 0 aromatic carbocycles. The minimum atomic E-state index is 0. The van der Waals surface area contributed by atoms with E-state index in [1.165, 1.54) is 0 Å². The SMILES string of the molecule is OOO.[Ca]. The maximum Gasteiger partial charge on any atom is 0 e. The van der Waals surface area contributed by atoms with Crippen molar-refractivity contribution in [3.8, 4) is 0 Å². The van der Waals surface area contributed by atoms with E-state index in [0.29, 0.717) is 0 Å². The first kappa shape index (κ1) is 8.94. The van der Waals surface area contributed by atoms with E-state index in [-0.39, 0.29) is 37.7 Å². The van der Waals surface area contributed by atoms with Crippen molar-refractivity contribution in [1.82, 2.24) is 0 Å². The van der Waals surface area contributed by atoms with E-state index < -0.39 is 0 Å². The minimum absolute atomic E-state index is 0. The van der Waals surface area contributed by atoms with Gasteiger partial charge in [-0.1, -0.05) is 5.04 Å². The molecule has 4 heavy (non-hydrogen) atoms. The summed E-state index contributed by atoms with van der Waals surface area (Å²) in [5, 5.41) is 15.5. The van der Waals surface area contributed by atoms with Gasteiger partial charge >= 0.3 is 0 Å². The van der Waals surface area contributed by atoms with Crippen LogP contribution in [0.2, 0.25) is 0 Å². The molecule has 22 valence electrons. The van der Waals surface area contributed by atoms with E-state index in [1.54, 1.807) is 0 Å². The van der Waals surface area contributed by atoms with E-state index in [0.717, 1.165) is 0 Å². The van der Waals surface area contributed by atoms with E-state index in [2.05, 4.69) is 5.04 Å². The molecule has 0 bridgehead atoms. The Labute approximate surface area is 53.1 Å². The maximum absolute atomic E-state index is 6.62. The summed E-state index contributed by atoms with van der Waals surface area (Å²) in [6.07, 6.45) is 0. The zero-order valence-corrected chi connectivity index (χ0v) is 4.22. The van der Waals surface area contributed by atoms with Gasteiger partial charge in [0, 0.05) is 37.7 Å². The van der Waals surface area contributed by atoms with Gasteiger partial charge in [0.05, 0.1) is 0 Å². The Kier molecular flexibility index (Phi) is 19.9. The first-order chi connectivity index (χ1) is 1.41. The van der Waals surface area contributed by atoms with Crippen molar-refractivity contribution in [3.63, 3.8) is 0 Å². The van der Waals surface area contributed by atoms with Gasteiger partial charge < -0.3 is 0 Å². The Hall–Kier alpha value is 1.14. The zero-order chi connectivity index (χ0) is 2.71. The molecule has 0 heterocycles. The van der Waals surface area contributed by atoms with Crippen molar-refractivity contribution in [2.75, 3.05) is 0 Å². The Morgan fingerprint density at radius 2 is 1.25 bits per heavy atom. The van der Waals surface area contributed by atoms with Crippen LogP contribution >= 0.6 is 0 Å². The molecule has 0 saturated carbocycles. The molecule has 0 atom stereocenters. The molecular weight excluding hydrogens is 88.1 g/mol. The van der Waals surface area contributed by atoms with E-state index in [9.17, 15) is 0 Å². The summed E-state index contributed by atoms with van der Waals surface area (Å²) >= 11 is 0. The largest absolute Gasteiger partial charge is 0.221 e. The molecule has 0 aliphatic heterocycles. The van der Waals surface area contributed by atoms with Crippen LogP contribution in [0.25, 0.3) is 0 Å². The van der Waals surface area contributed by atoms with Gasteiger partial charge in [0.1, 0.15) is 0 Å². The molecular formula is H2CaO3. The molecule has 4 heteroatoms. The van der Waals surface area contributed by atoms with Crippen LogP contribution in [0.4, 0.5) is 0 Å². The second kappa shape index (κ2) is 8.91. The van der Waals surface area contributed by atoms with Crippen LogP contribution in [-0.4, -0.2) is 48.3 Å². The summed E-state index contributed by atoms with van der Waals surface area (Å²) in [7, 11) is 0. The van der Waals surface area contributed by atoms with Crippen LogP contribution in [0.5, 0.6) is 0 Å². The number of rotatable bonds is 0. The predicted octanol–water partition coefficient (Wildman–Crippen LogP) is -0.432. The van der Waals surface area contributed by atoms with Crippen LogP contribution in [-0.2, 0) is 5.04 Å². The summed E-state index contributed by atoms with van der Waals surface area (Å²) < 4.78 is 0. The monoisotopic (exact) mass is 90.0 g/mol. The summed E-state index contributed by atoms with van der Waals surface area (Å²) in [5.41, 5.74) is 0. The molecule has 0 saturated heterocycles. The van der Waals surface area contributed by atoms with Crippen molar-refractivity contribution in [2.45, 2.75) is 0 Å². The van der Waals surface area contributed by atoms with Gasteiger partial charge in [-0.05, 0) is 0 Å². The minimum Gasteiger partial charge on any atom is -0.221 e. The quantitative estimate of drug-likeness (QED) is 0.241. The van der Waals surface area contributed by atoms with Gasteiger partial charge in [-0.15, -0.1) is 0 Å². The summed E-state index contributed by atoms with van der Waals surface area (Å²) in [6.45, 7) is 0. The van der Waals surface area contributed by atoms with Gasteiger partial charge in [0.25, 0.3) is 0 Å². The zero-order valence-electron chi connectivity index (χ0n) is 2.01. The molecule has 0 aliphatic carbocycles. The second-order valence-electron chi connectivity index (χ2n) is 0.0816. The van der Waals surface area contributed by atoms with Crippen molar-refractivity contribution in [2.24, 2.45) is 0 Å². The fourth-order valence-electron chi connectivity index (χ4n) is 0. The smallest absolute Gasteiger partial charge is 0 e. The molecule has 0 aromatic rings. The number of hydrogen-bond acceptors (Lipinski definition) is 3.